The molecule has 0 unspecified atom stereocenters. The molecule has 5 nitrogen and oxygen atoms in total. The van der Waals surface area contributed by atoms with E-state index < -0.39 is 5.41 Å². The smallest absolute Gasteiger partial charge is 0.318 e. The van der Waals surface area contributed by atoms with Gasteiger partial charge in [-0.25, -0.2) is 0 Å². The number of nitriles is 1. The molecule has 0 atom stereocenters. The second-order valence-corrected chi connectivity index (χ2v) is 6.24. The first-order valence-electron chi connectivity index (χ1n) is 7.86. The van der Waals surface area contributed by atoms with Crippen molar-refractivity contribution in [2.24, 2.45) is 0 Å². The molecule has 4 rings (SSSR count). The van der Waals surface area contributed by atoms with Crippen LogP contribution in [0.5, 0.6) is 0 Å². The lowest BCUT2D eigenvalue weighted by atomic mass is 9.74. The standard InChI is InChI=1S/C17H18N4O/c18-12-17(14-4-2-1-3-5-14)8-10-21(11-9-17)16-20-19-15(22-16)13-6-7-13/h1-5,13H,6-11H2. The van der Waals surface area contributed by atoms with E-state index in [1.54, 1.807) is 0 Å². The first-order valence-corrected chi connectivity index (χ1v) is 7.86. The lowest BCUT2D eigenvalue weighted by molar-refractivity contribution is 0.390. The fraction of sp³-hybridized carbons (Fsp3) is 0.471. The summed E-state index contributed by atoms with van der Waals surface area (Å²) in [5, 5.41) is 18.0. The van der Waals surface area contributed by atoms with Crippen LogP contribution in [0.1, 0.15) is 43.1 Å². The van der Waals surface area contributed by atoms with E-state index in [0.717, 1.165) is 50.2 Å². The Kier molecular flexibility index (Phi) is 3.11. The minimum absolute atomic E-state index is 0.392. The topological polar surface area (TPSA) is 66.0 Å². The molecule has 0 bridgehead atoms. The Balaban J connectivity index is 1.50. The van der Waals surface area contributed by atoms with Gasteiger partial charge in [0, 0.05) is 19.0 Å². The van der Waals surface area contributed by atoms with Gasteiger partial charge in [0.05, 0.1) is 11.5 Å². The van der Waals surface area contributed by atoms with E-state index in [4.69, 9.17) is 4.42 Å². The predicted octanol–water partition coefficient (Wildman–Crippen LogP) is 3.01. The molecule has 0 amide bonds. The Morgan fingerprint density at radius 3 is 2.50 bits per heavy atom. The van der Waals surface area contributed by atoms with Gasteiger partial charge in [0.15, 0.2) is 0 Å². The van der Waals surface area contributed by atoms with Crippen LogP contribution in [0.3, 0.4) is 0 Å². The second-order valence-electron chi connectivity index (χ2n) is 6.24. The molecule has 1 aromatic carbocycles. The molecule has 0 N–H and O–H groups in total. The Hall–Kier alpha value is -2.35. The fourth-order valence-corrected chi connectivity index (χ4v) is 3.15. The minimum Gasteiger partial charge on any atom is -0.408 e. The molecule has 1 aromatic heterocycles. The molecular formula is C17H18N4O. The first kappa shape index (κ1) is 13.3. The lowest BCUT2D eigenvalue weighted by Crippen LogP contribution is -2.42. The van der Waals surface area contributed by atoms with E-state index in [9.17, 15) is 5.26 Å². The van der Waals surface area contributed by atoms with Crippen molar-refractivity contribution in [2.75, 3.05) is 18.0 Å². The third-order valence-electron chi connectivity index (χ3n) is 4.78. The SMILES string of the molecule is N#CC1(c2ccccc2)CCN(c2nnc(C3CC3)o2)CC1. The average Bonchev–Trinajstić information content (AvgIpc) is 3.33. The molecule has 1 aliphatic carbocycles. The van der Waals surface area contributed by atoms with Crippen LogP contribution in [0.2, 0.25) is 0 Å². The number of hydrogen-bond acceptors (Lipinski definition) is 5. The Labute approximate surface area is 129 Å². The van der Waals surface area contributed by atoms with Gasteiger partial charge in [0.2, 0.25) is 5.89 Å². The second kappa shape index (κ2) is 5.13. The highest BCUT2D eigenvalue weighted by Gasteiger charge is 2.38. The maximum absolute atomic E-state index is 9.72. The summed E-state index contributed by atoms with van der Waals surface area (Å²) in [7, 11) is 0. The minimum atomic E-state index is -0.392. The summed E-state index contributed by atoms with van der Waals surface area (Å²) in [6.07, 6.45) is 3.89. The summed E-state index contributed by atoms with van der Waals surface area (Å²) in [6.45, 7) is 1.55. The summed E-state index contributed by atoms with van der Waals surface area (Å²) in [5.41, 5.74) is 0.721. The fourth-order valence-electron chi connectivity index (χ4n) is 3.15. The first-order chi connectivity index (χ1) is 10.8. The highest BCUT2D eigenvalue weighted by atomic mass is 16.4. The number of nitrogens with zero attached hydrogens (tertiary/aromatic N) is 4. The maximum Gasteiger partial charge on any atom is 0.318 e. The molecule has 1 saturated carbocycles. The van der Waals surface area contributed by atoms with Gasteiger partial charge in [0.25, 0.3) is 0 Å². The van der Waals surface area contributed by atoms with Gasteiger partial charge < -0.3 is 9.32 Å². The summed E-state index contributed by atoms with van der Waals surface area (Å²) in [5.74, 6) is 1.25. The number of rotatable bonds is 3. The molecule has 0 spiro atoms. The maximum atomic E-state index is 9.72. The van der Waals surface area contributed by atoms with Crippen molar-refractivity contribution in [3.8, 4) is 6.07 Å². The third kappa shape index (κ3) is 2.25. The van der Waals surface area contributed by atoms with Crippen LogP contribution in [0.25, 0.3) is 0 Å². The molecule has 2 fully saturated rings. The van der Waals surface area contributed by atoms with Crippen molar-refractivity contribution in [3.05, 3.63) is 41.8 Å². The van der Waals surface area contributed by atoms with Crippen molar-refractivity contribution in [1.82, 2.24) is 10.2 Å². The lowest BCUT2D eigenvalue weighted by Gasteiger charge is -2.36. The van der Waals surface area contributed by atoms with E-state index in [-0.39, 0.29) is 0 Å². The van der Waals surface area contributed by atoms with Crippen LogP contribution in [0.4, 0.5) is 6.01 Å². The van der Waals surface area contributed by atoms with Crippen LogP contribution in [0, 0.1) is 11.3 Å². The molecule has 2 aromatic rings. The van der Waals surface area contributed by atoms with Gasteiger partial charge >= 0.3 is 6.01 Å². The molecular weight excluding hydrogens is 276 g/mol. The van der Waals surface area contributed by atoms with Crippen molar-refractivity contribution >= 4 is 6.01 Å². The normalized spacial score (nSPS) is 20.6. The number of anilines is 1. The number of piperidine rings is 1. The summed E-state index contributed by atoms with van der Waals surface area (Å²) < 4.78 is 5.78. The number of hydrogen-bond donors (Lipinski definition) is 0. The molecule has 0 radical (unpaired) electrons. The highest BCUT2D eigenvalue weighted by Crippen LogP contribution is 2.41. The Morgan fingerprint density at radius 1 is 1.14 bits per heavy atom. The number of aromatic nitrogens is 2. The Morgan fingerprint density at radius 2 is 1.86 bits per heavy atom. The molecule has 1 aliphatic heterocycles. The van der Waals surface area contributed by atoms with Gasteiger partial charge in [-0.3, -0.25) is 0 Å². The van der Waals surface area contributed by atoms with Gasteiger partial charge in [-0.1, -0.05) is 35.4 Å². The largest absolute Gasteiger partial charge is 0.408 e. The van der Waals surface area contributed by atoms with E-state index in [2.05, 4.69) is 33.3 Å². The zero-order valence-electron chi connectivity index (χ0n) is 12.4. The molecule has 22 heavy (non-hydrogen) atoms. The zero-order chi connectivity index (χ0) is 15.0. The number of benzene rings is 1. The van der Waals surface area contributed by atoms with Crippen LogP contribution in [-0.4, -0.2) is 23.3 Å². The molecule has 112 valence electrons. The molecule has 2 aliphatic rings. The molecule has 1 saturated heterocycles. The van der Waals surface area contributed by atoms with Crippen molar-refractivity contribution in [1.29, 1.82) is 5.26 Å². The van der Waals surface area contributed by atoms with E-state index in [1.807, 2.05) is 18.2 Å². The summed E-state index contributed by atoms with van der Waals surface area (Å²) >= 11 is 0. The molecule has 5 heteroatoms. The zero-order valence-corrected chi connectivity index (χ0v) is 12.4. The van der Waals surface area contributed by atoms with Gasteiger partial charge in [0.1, 0.15) is 0 Å². The van der Waals surface area contributed by atoms with Crippen molar-refractivity contribution in [2.45, 2.75) is 37.0 Å². The van der Waals surface area contributed by atoms with Gasteiger partial charge in [-0.2, -0.15) is 5.26 Å². The summed E-state index contributed by atoms with van der Waals surface area (Å²) in [6, 6.07) is 13.3. The van der Waals surface area contributed by atoms with Gasteiger partial charge in [-0.15, -0.1) is 5.10 Å². The highest BCUT2D eigenvalue weighted by molar-refractivity contribution is 5.37. The van der Waals surface area contributed by atoms with Crippen molar-refractivity contribution < 1.29 is 4.42 Å². The van der Waals surface area contributed by atoms with E-state index in [1.165, 1.54) is 0 Å². The van der Waals surface area contributed by atoms with Crippen molar-refractivity contribution in [3.63, 3.8) is 0 Å². The van der Waals surface area contributed by atoms with Crippen LogP contribution >= 0.6 is 0 Å². The van der Waals surface area contributed by atoms with Gasteiger partial charge in [-0.05, 0) is 31.2 Å². The quantitative estimate of drug-likeness (QED) is 0.870. The third-order valence-corrected chi connectivity index (χ3v) is 4.78. The average molecular weight is 294 g/mol. The van der Waals surface area contributed by atoms with Crippen LogP contribution < -0.4 is 4.90 Å². The summed E-state index contributed by atoms with van der Waals surface area (Å²) in [4.78, 5) is 2.11. The van der Waals surface area contributed by atoms with Crippen LogP contribution in [-0.2, 0) is 5.41 Å². The molecule has 2 heterocycles. The Bertz CT molecular complexity index is 691. The monoisotopic (exact) mass is 294 g/mol. The van der Waals surface area contributed by atoms with Crippen LogP contribution in [0.15, 0.2) is 34.7 Å². The van der Waals surface area contributed by atoms with E-state index in [0.29, 0.717) is 11.9 Å². The van der Waals surface area contributed by atoms with E-state index >= 15 is 0 Å². The predicted molar refractivity (Wildman–Crippen MR) is 81.5 cm³/mol.